The molecule has 2 rings (SSSR count). The largest absolute Gasteiger partial charge is 0.504 e. The Morgan fingerprint density at radius 2 is 2.03 bits per heavy atom. The number of hydrogen-bond acceptors (Lipinski definition) is 8. The van der Waals surface area contributed by atoms with Crippen LogP contribution in [0.3, 0.4) is 0 Å². The number of aromatic hydroxyl groups is 1. The van der Waals surface area contributed by atoms with E-state index in [0.29, 0.717) is 37.6 Å². The summed E-state index contributed by atoms with van der Waals surface area (Å²) < 4.78 is 10.2. The summed E-state index contributed by atoms with van der Waals surface area (Å²) in [4.78, 5) is 25.7. The van der Waals surface area contributed by atoms with Crippen LogP contribution in [-0.4, -0.2) is 97.3 Å². The second kappa shape index (κ2) is 11.6. The van der Waals surface area contributed by atoms with E-state index < -0.39 is 18.1 Å². The molecular weight excluding hydrogens is 382 g/mol. The number of aliphatic hydroxyl groups excluding tert-OH is 1. The van der Waals surface area contributed by atoms with E-state index in [9.17, 15) is 24.9 Å². The van der Waals surface area contributed by atoms with Crippen molar-refractivity contribution < 1.29 is 34.4 Å². The number of aliphatic hydroxyl groups is 1. The lowest BCUT2D eigenvalue weighted by Crippen LogP contribution is -2.52. The van der Waals surface area contributed by atoms with E-state index in [0.717, 1.165) is 0 Å². The number of carboxylic acids is 1. The first-order chi connectivity index (χ1) is 13.9. The second-order valence-electron chi connectivity index (χ2n) is 6.84. The van der Waals surface area contributed by atoms with Crippen molar-refractivity contribution in [1.82, 2.24) is 15.5 Å². The molecule has 2 atom stereocenters. The van der Waals surface area contributed by atoms with E-state index in [1.54, 1.807) is 12.1 Å². The fourth-order valence-corrected chi connectivity index (χ4v) is 3.03. The number of hydrogen-bond donors (Lipinski definition) is 5. The average molecular weight is 411 g/mol. The standard InChI is InChI=1S/C19H29N3O7/c1-28-17-3-2-13(9-16(17)24)8-15(19(26)27)20-10-14(12-23)21-18(25)11-22-4-6-29-7-5-22/h2-3,9,14-15,20,23-24H,4-8,10-12H2,1H3,(H,21,25)(H,26,27)/t14-,15+/m1/s1. The molecule has 0 bridgehead atoms. The molecule has 0 aromatic heterocycles. The monoisotopic (exact) mass is 411 g/mol. The molecule has 1 aromatic carbocycles. The van der Waals surface area contributed by atoms with Gasteiger partial charge >= 0.3 is 5.97 Å². The van der Waals surface area contributed by atoms with Gasteiger partial charge in [-0.25, -0.2) is 0 Å². The lowest BCUT2D eigenvalue weighted by atomic mass is 10.0. The fraction of sp³-hybridized carbons (Fsp3) is 0.579. The molecule has 1 aliphatic rings. The maximum Gasteiger partial charge on any atom is 0.321 e. The quantitative estimate of drug-likeness (QED) is 0.303. The molecule has 5 N–H and O–H groups in total. The predicted octanol–water partition coefficient (Wildman–Crippen LogP) is -1.20. The van der Waals surface area contributed by atoms with Gasteiger partial charge in [0.1, 0.15) is 6.04 Å². The highest BCUT2D eigenvalue weighted by Gasteiger charge is 2.22. The SMILES string of the molecule is COc1ccc(C[C@H](NC[C@H](CO)NC(=O)CN2CCOCC2)C(=O)O)cc1O. The van der Waals surface area contributed by atoms with Crippen molar-refractivity contribution in [2.75, 3.05) is 53.1 Å². The summed E-state index contributed by atoms with van der Waals surface area (Å²) in [6.45, 7) is 2.48. The summed E-state index contributed by atoms with van der Waals surface area (Å²) in [6, 6.07) is 3.11. The number of rotatable bonds is 11. The minimum Gasteiger partial charge on any atom is -0.504 e. The second-order valence-corrected chi connectivity index (χ2v) is 6.84. The van der Waals surface area contributed by atoms with Crippen LogP contribution in [0.2, 0.25) is 0 Å². The van der Waals surface area contributed by atoms with Crippen molar-refractivity contribution in [2.45, 2.75) is 18.5 Å². The first-order valence-electron chi connectivity index (χ1n) is 9.45. The van der Waals surface area contributed by atoms with Gasteiger partial charge in [-0.15, -0.1) is 0 Å². The molecule has 1 saturated heterocycles. The van der Waals surface area contributed by atoms with E-state index in [4.69, 9.17) is 9.47 Å². The summed E-state index contributed by atoms with van der Waals surface area (Å²) in [5.74, 6) is -1.08. The summed E-state index contributed by atoms with van der Waals surface area (Å²) in [7, 11) is 1.43. The van der Waals surface area contributed by atoms with Crippen LogP contribution in [0, 0.1) is 0 Å². The van der Waals surface area contributed by atoms with Crippen LogP contribution in [0.1, 0.15) is 5.56 Å². The number of nitrogens with zero attached hydrogens (tertiary/aromatic N) is 1. The zero-order valence-electron chi connectivity index (χ0n) is 16.5. The Balaban J connectivity index is 1.86. The molecule has 0 radical (unpaired) electrons. The van der Waals surface area contributed by atoms with Crippen molar-refractivity contribution in [3.8, 4) is 11.5 Å². The normalized spacial score (nSPS) is 16.8. The van der Waals surface area contributed by atoms with Gasteiger partial charge < -0.3 is 35.4 Å². The summed E-state index contributed by atoms with van der Waals surface area (Å²) in [5, 5.41) is 34.4. The van der Waals surface area contributed by atoms with Crippen LogP contribution in [0.4, 0.5) is 0 Å². The number of ether oxygens (including phenoxy) is 2. The van der Waals surface area contributed by atoms with Gasteiger partial charge in [-0.05, 0) is 24.1 Å². The Bertz CT molecular complexity index is 680. The number of phenolic OH excluding ortho intramolecular Hbond substituents is 1. The van der Waals surface area contributed by atoms with Gasteiger partial charge in [0, 0.05) is 19.6 Å². The van der Waals surface area contributed by atoms with Crippen molar-refractivity contribution in [2.24, 2.45) is 0 Å². The van der Waals surface area contributed by atoms with Crippen molar-refractivity contribution in [3.63, 3.8) is 0 Å². The number of methoxy groups -OCH3 is 1. The van der Waals surface area contributed by atoms with Crippen molar-refractivity contribution in [1.29, 1.82) is 0 Å². The topological polar surface area (TPSA) is 141 Å². The van der Waals surface area contributed by atoms with Crippen LogP contribution in [0.15, 0.2) is 18.2 Å². The molecule has 162 valence electrons. The van der Waals surface area contributed by atoms with E-state index in [2.05, 4.69) is 10.6 Å². The molecular formula is C19H29N3O7. The zero-order valence-corrected chi connectivity index (χ0v) is 16.5. The number of carboxylic acid groups (broad SMARTS) is 1. The zero-order chi connectivity index (χ0) is 21.2. The molecule has 1 fully saturated rings. The average Bonchev–Trinajstić information content (AvgIpc) is 2.70. The highest BCUT2D eigenvalue weighted by Crippen LogP contribution is 2.26. The molecule has 10 heteroatoms. The lowest BCUT2D eigenvalue weighted by Gasteiger charge is -2.27. The molecule has 1 aliphatic heterocycles. The molecule has 1 heterocycles. The molecule has 0 saturated carbocycles. The summed E-state index contributed by atoms with van der Waals surface area (Å²) in [6.07, 6.45) is 0.118. The van der Waals surface area contributed by atoms with Crippen LogP contribution >= 0.6 is 0 Å². The first kappa shape index (κ1) is 22.9. The Labute approximate surface area is 169 Å². The Morgan fingerprint density at radius 1 is 1.31 bits per heavy atom. The highest BCUT2D eigenvalue weighted by atomic mass is 16.5. The van der Waals surface area contributed by atoms with Crippen LogP contribution < -0.4 is 15.4 Å². The van der Waals surface area contributed by atoms with Crippen molar-refractivity contribution >= 4 is 11.9 Å². The van der Waals surface area contributed by atoms with Gasteiger partial charge in [0.05, 0.1) is 39.5 Å². The Morgan fingerprint density at radius 3 is 2.62 bits per heavy atom. The molecule has 0 spiro atoms. The number of carbonyl (C=O) groups excluding carboxylic acids is 1. The summed E-state index contributed by atoms with van der Waals surface area (Å²) >= 11 is 0. The maximum atomic E-state index is 12.2. The van der Waals surface area contributed by atoms with Crippen molar-refractivity contribution in [3.05, 3.63) is 23.8 Å². The number of morpholine rings is 1. The van der Waals surface area contributed by atoms with Crippen LogP contribution in [-0.2, 0) is 20.7 Å². The molecule has 1 aromatic rings. The highest BCUT2D eigenvalue weighted by molar-refractivity contribution is 5.78. The first-order valence-corrected chi connectivity index (χ1v) is 9.45. The van der Waals surface area contributed by atoms with Gasteiger partial charge in [-0.3, -0.25) is 14.5 Å². The number of benzene rings is 1. The third kappa shape index (κ3) is 7.50. The summed E-state index contributed by atoms with van der Waals surface area (Å²) in [5.41, 5.74) is 0.611. The van der Waals surface area contributed by atoms with E-state index in [1.807, 2.05) is 4.90 Å². The predicted molar refractivity (Wildman–Crippen MR) is 104 cm³/mol. The Hall–Kier alpha value is -2.40. The number of amides is 1. The minimum atomic E-state index is -1.07. The number of aliphatic carboxylic acids is 1. The smallest absolute Gasteiger partial charge is 0.321 e. The lowest BCUT2D eigenvalue weighted by molar-refractivity contribution is -0.139. The number of nitrogens with one attached hydrogen (secondary N) is 2. The van der Waals surface area contributed by atoms with Gasteiger partial charge in [0.15, 0.2) is 11.5 Å². The number of carbonyl (C=O) groups is 2. The molecule has 0 aliphatic carbocycles. The van der Waals surface area contributed by atoms with Gasteiger partial charge in [-0.1, -0.05) is 6.07 Å². The van der Waals surface area contributed by atoms with E-state index >= 15 is 0 Å². The van der Waals surface area contributed by atoms with E-state index in [-0.39, 0.29) is 37.8 Å². The third-order valence-corrected chi connectivity index (χ3v) is 4.65. The Kier molecular flexibility index (Phi) is 9.13. The van der Waals surface area contributed by atoms with E-state index in [1.165, 1.54) is 13.2 Å². The van der Waals surface area contributed by atoms with Gasteiger partial charge in [-0.2, -0.15) is 0 Å². The third-order valence-electron chi connectivity index (χ3n) is 4.65. The molecule has 10 nitrogen and oxygen atoms in total. The molecule has 0 unspecified atom stereocenters. The van der Waals surface area contributed by atoms with Gasteiger partial charge in [0.2, 0.25) is 5.91 Å². The molecule has 1 amide bonds. The number of phenols is 1. The minimum absolute atomic E-state index is 0.0715. The van der Waals surface area contributed by atoms with Crippen LogP contribution in [0.25, 0.3) is 0 Å². The maximum absolute atomic E-state index is 12.2. The van der Waals surface area contributed by atoms with Crippen LogP contribution in [0.5, 0.6) is 11.5 Å². The fourth-order valence-electron chi connectivity index (χ4n) is 3.03. The van der Waals surface area contributed by atoms with Gasteiger partial charge in [0.25, 0.3) is 0 Å². The molecule has 29 heavy (non-hydrogen) atoms.